The van der Waals surface area contributed by atoms with Crippen LogP contribution in [0, 0.1) is 5.92 Å². The van der Waals surface area contributed by atoms with Gasteiger partial charge in [0, 0.05) is 30.2 Å². The Morgan fingerprint density at radius 3 is 2.84 bits per heavy atom. The maximum absolute atomic E-state index is 6.15. The zero-order valence-electron chi connectivity index (χ0n) is 11.5. The van der Waals surface area contributed by atoms with Crippen LogP contribution in [-0.4, -0.2) is 32.3 Å². The van der Waals surface area contributed by atoms with Gasteiger partial charge in [0.25, 0.3) is 0 Å². The molecule has 1 aliphatic carbocycles. The highest BCUT2D eigenvalue weighted by Crippen LogP contribution is 2.38. The van der Waals surface area contributed by atoms with Crippen molar-refractivity contribution >= 4 is 17.3 Å². The Labute approximate surface area is 119 Å². The van der Waals surface area contributed by atoms with Crippen LogP contribution in [0.3, 0.4) is 0 Å². The number of rotatable bonds is 3. The summed E-state index contributed by atoms with van der Waals surface area (Å²) < 4.78 is 5.49. The molecule has 4 heteroatoms. The average molecular weight is 281 g/mol. The van der Waals surface area contributed by atoms with E-state index in [1.165, 1.54) is 12.8 Å². The Morgan fingerprint density at radius 1 is 1.37 bits per heavy atom. The summed E-state index contributed by atoms with van der Waals surface area (Å²) in [6.45, 7) is 4.32. The Hall–Kier alpha value is -0.930. The van der Waals surface area contributed by atoms with Crippen molar-refractivity contribution < 1.29 is 4.74 Å². The molecule has 2 fully saturated rings. The van der Waals surface area contributed by atoms with E-state index in [-0.39, 0.29) is 0 Å². The number of piperazine rings is 1. The number of benzene rings is 1. The zero-order chi connectivity index (χ0) is 13.4. The summed E-state index contributed by atoms with van der Waals surface area (Å²) in [6, 6.07) is 6.93. The third-order valence-corrected chi connectivity index (χ3v) is 4.48. The summed E-state index contributed by atoms with van der Waals surface area (Å²) >= 11 is 6.15. The molecule has 1 aromatic carbocycles. The first-order chi connectivity index (χ1) is 9.19. The summed E-state index contributed by atoms with van der Waals surface area (Å²) in [5, 5.41) is 4.44. The Bertz CT molecular complexity index is 461. The van der Waals surface area contributed by atoms with E-state index in [1.807, 2.05) is 18.2 Å². The number of anilines is 1. The summed E-state index contributed by atoms with van der Waals surface area (Å²) in [4.78, 5) is 2.43. The van der Waals surface area contributed by atoms with Crippen LogP contribution in [0.25, 0.3) is 0 Å². The number of ether oxygens (including phenoxy) is 1. The van der Waals surface area contributed by atoms with Crippen LogP contribution in [0.15, 0.2) is 18.2 Å². The lowest BCUT2D eigenvalue weighted by molar-refractivity contribution is 0.367. The fraction of sp³-hybridized carbons (Fsp3) is 0.600. The molecule has 1 aliphatic heterocycles. The minimum absolute atomic E-state index is 0.461. The normalized spacial score (nSPS) is 27.4. The van der Waals surface area contributed by atoms with Crippen molar-refractivity contribution in [3.05, 3.63) is 23.2 Å². The fourth-order valence-electron chi connectivity index (χ4n) is 2.93. The monoisotopic (exact) mass is 280 g/mol. The van der Waals surface area contributed by atoms with Gasteiger partial charge in [0.2, 0.25) is 0 Å². The quantitative estimate of drug-likeness (QED) is 0.921. The van der Waals surface area contributed by atoms with Crippen LogP contribution in [0.4, 0.5) is 5.69 Å². The predicted octanol–water partition coefficient (Wildman–Crippen LogP) is 2.93. The molecule has 3 nitrogen and oxygen atoms in total. The van der Waals surface area contributed by atoms with Crippen molar-refractivity contribution in [1.82, 2.24) is 5.32 Å². The summed E-state index contributed by atoms with van der Waals surface area (Å²) in [6.07, 6.45) is 2.74. The first-order valence-electron chi connectivity index (χ1n) is 7.02. The second-order valence-corrected chi connectivity index (χ2v) is 6.11. The van der Waals surface area contributed by atoms with Crippen LogP contribution in [0.5, 0.6) is 5.75 Å². The molecule has 2 unspecified atom stereocenters. The lowest BCUT2D eigenvalue weighted by Gasteiger charge is -2.41. The smallest absolute Gasteiger partial charge is 0.142 e. The SMILES string of the molecule is COc1ccc(Cl)cc1N1CC(C2CC2)NCC1C. The molecular weight excluding hydrogens is 260 g/mol. The lowest BCUT2D eigenvalue weighted by Crippen LogP contribution is -2.56. The molecule has 0 spiro atoms. The van der Waals surface area contributed by atoms with Gasteiger partial charge >= 0.3 is 0 Å². The van der Waals surface area contributed by atoms with Crippen molar-refractivity contribution in [2.24, 2.45) is 5.92 Å². The van der Waals surface area contributed by atoms with Crippen molar-refractivity contribution in [1.29, 1.82) is 0 Å². The van der Waals surface area contributed by atoms with E-state index in [1.54, 1.807) is 7.11 Å². The highest BCUT2D eigenvalue weighted by atomic mass is 35.5. The maximum Gasteiger partial charge on any atom is 0.142 e. The summed E-state index contributed by atoms with van der Waals surface area (Å²) in [7, 11) is 1.72. The summed E-state index contributed by atoms with van der Waals surface area (Å²) in [5.41, 5.74) is 1.12. The van der Waals surface area contributed by atoms with Crippen LogP contribution < -0.4 is 15.0 Å². The van der Waals surface area contributed by atoms with Gasteiger partial charge in [0.1, 0.15) is 5.75 Å². The lowest BCUT2D eigenvalue weighted by atomic mass is 10.0. The van der Waals surface area contributed by atoms with Gasteiger partial charge in [0.05, 0.1) is 12.8 Å². The van der Waals surface area contributed by atoms with Gasteiger partial charge in [-0.1, -0.05) is 11.6 Å². The second-order valence-electron chi connectivity index (χ2n) is 5.67. The minimum atomic E-state index is 0.461. The number of hydrogen-bond donors (Lipinski definition) is 1. The maximum atomic E-state index is 6.15. The van der Waals surface area contributed by atoms with E-state index in [4.69, 9.17) is 16.3 Å². The Balaban J connectivity index is 1.87. The highest BCUT2D eigenvalue weighted by Gasteiger charge is 2.36. The number of hydrogen-bond acceptors (Lipinski definition) is 3. The van der Waals surface area contributed by atoms with Gasteiger partial charge < -0.3 is 15.0 Å². The number of halogens is 1. The molecule has 1 saturated carbocycles. The molecule has 104 valence electrons. The molecule has 1 aromatic rings. The summed E-state index contributed by atoms with van der Waals surface area (Å²) in [5.74, 6) is 1.77. The van der Waals surface area contributed by atoms with Gasteiger partial charge in [-0.25, -0.2) is 0 Å². The second kappa shape index (κ2) is 5.22. The van der Waals surface area contributed by atoms with E-state index < -0.39 is 0 Å². The van der Waals surface area contributed by atoms with E-state index in [9.17, 15) is 0 Å². The van der Waals surface area contributed by atoms with Gasteiger partial charge in [-0.15, -0.1) is 0 Å². The van der Waals surface area contributed by atoms with E-state index in [2.05, 4.69) is 17.1 Å². The topological polar surface area (TPSA) is 24.5 Å². The number of nitrogens with zero attached hydrogens (tertiary/aromatic N) is 1. The van der Waals surface area contributed by atoms with Crippen molar-refractivity contribution in [3.8, 4) is 5.75 Å². The number of methoxy groups -OCH3 is 1. The van der Waals surface area contributed by atoms with Crippen LogP contribution in [-0.2, 0) is 0 Å². The zero-order valence-corrected chi connectivity index (χ0v) is 12.3. The minimum Gasteiger partial charge on any atom is -0.495 e. The largest absolute Gasteiger partial charge is 0.495 e. The Kier molecular flexibility index (Phi) is 3.59. The third kappa shape index (κ3) is 2.67. The van der Waals surface area contributed by atoms with Gasteiger partial charge in [-0.2, -0.15) is 0 Å². The first-order valence-corrected chi connectivity index (χ1v) is 7.40. The first kappa shape index (κ1) is 13.1. The molecule has 1 saturated heterocycles. The van der Waals surface area contributed by atoms with Crippen LogP contribution in [0.2, 0.25) is 5.02 Å². The van der Waals surface area contributed by atoms with Crippen LogP contribution in [0.1, 0.15) is 19.8 Å². The van der Waals surface area contributed by atoms with Gasteiger partial charge in [-0.05, 0) is 43.9 Å². The van der Waals surface area contributed by atoms with E-state index in [0.29, 0.717) is 12.1 Å². The van der Waals surface area contributed by atoms with Crippen molar-refractivity contribution in [2.45, 2.75) is 31.8 Å². The van der Waals surface area contributed by atoms with Gasteiger partial charge in [-0.3, -0.25) is 0 Å². The van der Waals surface area contributed by atoms with Gasteiger partial charge in [0.15, 0.2) is 0 Å². The fourth-order valence-corrected chi connectivity index (χ4v) is 3.09. The molecule has 1 heterocycles. The molecule has 3 rings (SSSR count). The van der Waals surface area contributed by atoms with E-state index >= 15 is 0 Å². The molecular formula is C15H21ClN2O. The molecule has 19 heavy (non-hydrogen) atoms. The molecule has 2 aliphatic rings. The molecule has 0 radical (unpaired) electrons. The molecule has 2 atom stereocenters. The number of nitrogens with one attached hydrogen (secondary N) is 1. The molecule has 0 amide bonds. The van der Waals surface area contributed by atoms with Crippen molar-refractivity contribution in [3.63, 3.8) is 0 Å². The Morgan fingerprint density at radius 2 is 2.16 bits per heavy atom. The van der Waals surface area contributed by atoms with Crippen LogP contribution >= 0.6 is 11.6 Å². The van der Waals surface area contributed by atoms with Crippen molar-refractivity contribution in [2.75, 3.05) is 25.1 Å². The molecule has 0 aromatic heterocycles. The molecule has 1 N–H and O–H groups in total. The highest BCUT2D eigenvalue weighted by molar-refractivity contribution is 6.30. The molecule has 0 bridgehead atoms. The average Bonchev–Trinajstić information content (AvgIpc) is 3.24. The third-order valence-electron chi connectivity index (χ3n) is 4.24. The van der Waals surface area contributed by atoms with E-state index in [0.717, 1.165) is 35.5 Å². The standard InChI is InChI=1S/C15H21ClN2O/c1-10-8-17-13(11-3-4-11)9-18(10)14-7-12(16)5-6-15(14)19-2/h5-7,10-11,13,17H,3-4,8-9H2,1-2H3. The predicted molar refractivity (Wildman–Crippen MR) is 79.3 cm³/mol.